The predicted octanol–water partition coefficient (Wildman–Crippen LogP) is 0.994. The Hall–Kier alpha value is -0.770. The van der Waals surface area contributed by atoms with Gasteiger partial charge in [-0.15, -0.1) is 12.4 Å². The highest BCUT2D eigenvalue weighted by molar-refractivity contribution is 5.85. The molecule has 2 N–H and O–H groups in total. The van der Waals surface area contributed by atoms with Gasteiger partial charge in [0.2, 0.25) is 0 Å². The van der Waals surface area contributed by atoms with Gasteiger partial charge in [0.15, 0.2) is 0 Å². The number of carboxylic acids is 2. The summed E-state index contributed by atoms with van der Waals surface area (Å²) in [6, 6.07) is 0. The van der Waals surface area contributed by atoms with Crippen LogP contribution in [-0.2, 0) is 9.59 Å². The van der Waals surface area contributed by atoms with Crippen LogP contribution in [0.2, 0.25) is 0 Å². The van der Waals surface area contributed by atoms with Gasteiger partial charge in [-0.2, -0.15) is 0 Å². The van der Waals surface area contributed by atoms with Crippen LogP contribution < -0.4 is 0 Å². The third-order valence-electron chi connectivity index (χ3n) is 2.13. The fraction of sp³-hybridized carbons (Fsp3) is 0.714. The first kappa shape index (κ1) is 11.2. The topological polar surface area (TPSA) is 74.6 Å². The van der Waals surface area contributed by atoms with Crippen LogP contribution in [0.15, 0.2) is 0 Å². The zero-order valence-electron chi connectivity index (χ0n) is 6.40. The van der Waals surface area contributed by atoms with Gasteiger partial charge in [0.25, 0.3) is 0 Å². The summed E-state index contributed by atoms with van der Waals surface area (Å²) in [6.07, 6.45) is 1.31. The van der Waals surface area contributed by atoms with Crippen molar-refractivity contribution < 1.29 is 19.8 Å². The van der Waals surface area contributed by atoms with E-state index in [0.717, 1.165) is 0 Å². The highest BCUT2D eigenvalue weighted by atomic mass is 35.5. The highest BCUT2D eigenvalue weighted by Crippen LogP contribution is 2.30. The summed E-state index contributed by atoms with van der Waals surface area (Å²) in [5.41, 5.74) is 0. The zero-order chi connectivity index (χ0) is 8.43. The minimum absolute atomic E-state index is 0. The maximum absolute atomic E-state index is 10.4. The SMILES string of the molecule is Cl.O=C(O)C1CCC(C(=O)O)C1. The number of aliphatic carboxylic acids is 2. The second-order valence-corrected chi connectivity index (χ2v) is 2.88. The number of hydrogen-bond donors (Lipinski definition) is 2. The lowest BCUT2D eigenvalue weighted by molar-refractivity contribution is -0.143. The molecule has 0 aromatic heterocycles. The van der Waals surface area contributed by atoms with Crippen molar-refractivity contribution in [2.75, 3.05) is 0 Å². The average Bonchev–Trinajstić information content (AvgIpc) is 2.33. The normalized spacial score (nSPS) is 27.7. The monoisotopic (exact) mass is 194 g/mol. The second-order valence-electron chi connectivity index (χ2n) is 2.88. The molecule has 0 radical (unpaired) electrons. The first-order valence-corrected chi connectivity index (χ1v) is 3.57. The molecule has 0 aromatic rings. The van der Waals surface area contributed by atoms with E-state index >= 15 is 0 Å². The number of carbonyl (C=O) groups is 2. The van der Waals surface area contributed by atoms with Gasteiger partial charge in [-0.1, -0.05) is 0 Å². The Morgan fingerprint density at radius 3 is 1.50 bits per heavy atom. The third-order valence-corrected chi connectivity index (χ3v) is 2.13. The third kappa shape index (κ3) is 2.37. The molecule has 0 amide bonds. The Labute approximate surface area is 76.0 Å². The molecule has 4 nitrogen and oxygen atoms in total. The maximum atomic E-state index is 10.4. The van der Waals surface area contributed by atoms with Crippen molar-refractivity contribution in [3.63, 3.8) is 0 Å². The quantitative estimate of drug-likeness (QED) is 0.688. The lowest BCUT2D eigenvalue weighted by Crippen LogP contribution is -2.13. The minimum atomic E-state index is -0.867. The van der Waals surface area contributed by atoms with E-state index in [1.807, 2.05) is 0 Å². The van der Waals surface area contributed by atoms with Gasteiger partial charge in [0.1, 0.15) is 0 Å². The Kier molecular flexibility index (Phi) is 4.03. The molecule has 70 valence electrons. The summed E-state index contributed by atoms with van der Waals surface area (Å²) in [4.78, 5) is 20.8. The Bertz CT molecular complexity index is 172. The molecule has 1 saturated carbocycles. The van der Waals surface area contributed by atoms with Gasteiger partial charge >= 0.3 is 11.9 Å². The van der Waals surface area contributed by atoms with E-state index in [2.05, 4.69) is 0 Å². The highest BCUT2D eigenvalue weighted by Gasteiger charge is 2.33. The molecule has 2 atom stereocenters. The van der Waals surface area contributed by atoms with Crippen LogP contribution in [0.25, 0.3) is 0 Å². The molecule has 0 saturated heterocycles. The molecule has 0 aromatic carbocycles. The molecular formula is C7H11ClO4. The van der Waals surface area contributed by atoms with Gasteiger partial charge in [-0.3, -0.25) is 9.59 Å². The number of carboxylic acid groups (broad SMARTS) is 2. The molecule has 12 heavy (non-hydrogen) atoms. The average molecular weight is 195 g/mol. The van der Waals surface area contributed by atoms with Crippen molar-refractivity contribution in [3.8, 4) is 0 Å². The fourth-order valence-corrected chi connectivity index (χ4v) is 1.43. The minimum Gasteiger partial charge on any atom is -0.481 e. The van der Waals surface area contributed by atoms with Crippen molar-refractivity contribution in [1.82, 2.24) is 0 Å². The van der Waals surface area contributed by atoms with Gasteiger partial charge in [-0.25, -0.2) is 0 Å². The second kappa shape index (κ2) is 4.30. The van der Waals surface area contributed by atoms with E-state index in [1.54, 1.807) is 0 Å². The standard InChI is InChI=1S/C7H10O4.ClH/c8-6(9)4-1-2-5(3-4)7(10)11;/h4-5H,1-3H2,(H,8,9)(H,10,11);1H. The van der Waals surface area contributed by atoms with Gasteiger partial charge in [0.05, 0.1) is 11.8 Å². The van der Waals surface area contributed by atoms with E-state index in [4.69, 9.17) is 10.2 Å². The van der Waals surface area contributed by atoms with Crippen LogP contribution in [0.4, 0.5) is 0 Å². The first-order valence-electron chi connectivity index (χ1n) is 3.57. The Balaban J connectivity index is 0.00000121. The molecule has 1 fully saturated rings. The largest absolute Gasteiger partial charge is 0.481 e. The van der Waals surface area contributed by atoms with Crippen LogP contribution >= 0.6 is 12.4 Å². The van der Waals surface area contributed by atoms with Gasteiger partial charge in [-0.05, 0) is 19.3 Å². The first-order chi connectivity index (χ1) is 5.11. The summed E-state index contributed by atoms with van der Waals surface area (Å²) in [6.45, 7) is 0. The molecule has 1 rings (SSSR count). The smallest absolute Gasteiger partial charge is 0.306 e. The van der Waals surface area contributed by atoms with E-state index in [-0.39, 0.29) is 12.4 Å². The van der Waals surface area contributed by atoms with E-state index in [1.165, 1.54) is 0 Å². The van der Waals surface area contributed by atoms with E-state index < -0.39 is 23.8 Å². The molecule has 0 spiro atoms. The Morgan fingerprint density at radius 1 is 1.00 bits per heavy atom. The van der Waals surface area contributed by atoms with E-state index in [9.17, 15) is 9.59 Å². The summed E-state index contributed by atoms with van der Waals surface area (Å²) in [5, 5.41) is 17.0. The predicted molar refractivity (Wildman–Crippen MR) is 43.4 cm³/mol. The lowest BCUT2D eigenvalue weighted by atomic mass is 10.1. The molecular weight excluding hydrogens is 184 g/mol. The van der Waals surface area contributed by atoms with Crippen LogP contribution in [0, 0.1) is 11.8 Å². The maximum Gasteiger partial charge on any atom is 0.306 e. The molecule has 0 aliphatic heterocycles. The number of hydrogen-bond acceptors (Lipinski definition) is 2. The molecule has 1 aliphatic carbocycles. The van der Waals surface area contributed by atoms with Crippen molar-refractivity contribution in [1.29, 1.82) is 0 Å². The summed E-state index contributed by atoms with van der Waals surface area (Å²) in [5.74, 6) is -2.60. The molecule has 1 aliphatic rings. The number of halogens is 1. The van der Waals surface area contributed by atoms with E-state index in [0.29, 0.717) is 19.3 Å². The van der Waals surface area contributed by atoms with Crippen molar-refractivity contribution in [2.24, 2.45) is 11.8 Å². The number of rotatable bonds is 2. The van der Waals surface area contributed by atoms with Crippen molar-refractivity contribution >= 4 is 24.3 Å². The van der Waals surface area contributed by atoms with Crippen LogP contribution in [-0.4, -0.2) is 22.2 Å². The van der Waals surface area contributed by atoms with Crippen molar-refractivity contribution in [3.05, 3.63) is 0 Å². The van der Waals surface area contributed by atoms with Crippen LogP contribution in [0.1, 0.15) is 19.3 Å². The van der Waals surface area contributed by atoms with Gasteiger partial charge in [0, 0.05) is 0 Å². The van der Waals surface area contributed by atoms with Crippen LogP contribution in [0.5, 0.6) is 0 Å². The molecule has 5 heteroatoms. The Morgan fingerprint density at radius 2 is 1.33 bits per heavy atom. The zero-order valence-corrected chi connectivity index (χ0v) is 7.21. The fourth-order valence-electron chi connectivity index (χ4n) is 1.43. The molecule has 0 bridgehead atoms. The summed E-state index contributed by atoms with van der Waals surface area (Å²) < 4.78 is 0. The molecule has 2 unspecified atom stereocenters. The van der Waals surface area contributed by atoms with Gasteiger partial charge < -0.3 is 10.2 Å². The van der Waals surface area contributed by atoms with Crippen LogP contribution in [0.3, 0.4) is 0 Å². The molecule has 0 heterocycles. The lowest BCUT2D eigenvalue weighted by Gasteiger charge is -2.01. The van der Waals surface area contributed by atoms with Crippen molar-refractivity contribution in [2.45, 2.75) is 19.3 Å². The summed E-state index contributed by atoms with van der Waals surface area (Å²) in [7, 11) is 0. The summed E-state index contributed by atoms with van der Waals surface area (Å²) >= 11 is 0.